The van der Waals surface area contributed by atoms with Gasteiger partial charge >= 0.3 is 6.61 Å². The monoisotopic (exact) mass is 347 g/mol. The summed E-state index contributed by atoms with van der Waals surface area (Å²) in [5.41, 5.74) is 2.62. The third kappa shape index (κ3) is 3.43. The van der Waals surface area contributed by atoms with Crippen LogP contribution in [0.3, 0.4) is 0 Å². The van der Waals surface area contributed by atoms with E-state index in [1.165, 1.54) is 11.0 Å². The molecule has 0 saturated heterocycles. The molecule has 2 aromatic rings. The summed E-state index contributed by atoms with van der Waals surface area (Å²) in [6.07, 6.45) is 1.48. The third-order valence-electron chi connectivity index (χ3n) is 4.30. The quantitative estimate of drug-likeness (QED) is 0.832. The molecule has 0 unspecified atom stereocenters. The van der Waals surface area contributed by atoms with Gasteiger partial charge in [-0.05, 0) is 49.1 Å². The molecular weight excluding hydrogens is 328 g/mol. The maximum atomic E-state index is 13.0. The molecule has 0 radical (unpaired) electrons. The highest BCUT2D eigenvalue weighted by atomic mass is 19.3. The predicted molar refractivity (Wildman–Crippen MR) is 90.8 cm³/mol. The van der Waals surface area contributed by atoms with Crippen LogP contribution >= 0.6 is 0 Å². The number of amides is 1. The molecule has 1 heterocycles. The van der Waals surface area contributed by atoms with E-state index in [9.17, 15) is 13.6 Å². The maximum Gasteiger partial charge on any atom is 0.387 e. The Morgan fingerprint density at radius 1 is 1.20 bits per heavy atom. The predicted octanol–water partition coefficient (Wildman–Crippen LogP) is 4.20. The van der Waals surface area contributed by atoms with Gasteiger partial charge in [-0.3, -0.25) is 4.79 Å². The summed E-state index contributed by atoms with van der Waals surface area (Å²) in [4.78, 5) is 14.5. The molecule has 0 aromatic heterocycles. The Morgan fingerprint density at radius 3 is 2.72 bits per heavy atom. The van der Waals surface area contributed by atoms with Crippen LogP contribution in [0.5, 0.6) is 11.5 Å². The van der Waals surface area contributed by atoms with Crippen molar-refractivity contribution in [2.45, 2.75) is 26.4 Å². The molecule has 0 bridgehead atoms. The SMILES string of the molecule is COc1cc(C(=O)N2CCCc3cccc(OC(F)F)c32)ccc1C. The Kier molecular flexibility index (Phi) is 4.88. The number of methoxy groups -OCH3 is 1. The number of ether oxygens (including phenoxy) is 2. The fourth-order valence-electron chi connectivity index (χ4n) is 3.12. The number of para-hydroxylation sites is 1. The van der Waals surface area contributed by atoms with Gasteiger partial charge in [0.1, 0.15) is 11.5 Å². The molecule has 0 fully saturated rings. The number of fused-ring (bicyclic) bond motifs is 1. The van der Waals surface area contributed by atoms with Gasteiger partial charge < -0.3 is 14.4 Å². The zero-order valence-corrected chi connectivity index (χ0v) is 14.1. The van der Waals surface area contributed by atoms with Gasteiger partial charge in [0.25, 0.3) is 5.91 Å². The Morgan fingerprint density at radius 2 is 2.00 bits per heavy atom. The van der Waals surface area contributed by atoms with Gasteiger partial charge in [-0.15, -0.1) is 0 Å². The van der Waals surface area contributed by atoms with E-state index < -0.39 is 6.61 Å². The number of benzene rings is 2. The molecule has 0 N–H and O–H groups in total. The molecule has 132 valence electrons. The summed E-state index contributed by atoms with van der Waals surface area (Å²) in [5.74, 6) is 0.379. The van der Waals surface area contributed by atoms with E-state index in [0.29, 0.717) is 23.5 Å². The van der Waals surface area contributed by atoms with Crippen LogP contribution in [0.1, 0.15) is 27.9 Å². The largest absolute Gasteiger partial charge is 0.496 e. The van der Waals surface area contributed by atoms with Crippen molar-refractivity contribution < 1.29 is 23.0 Å². The first-order valence-corrected chi connectivity index (χ1v) is 8.04. The van der Waals surface area contributed by atoms with Crippen LogP contribution in [-0.4, -0.2) is 26.2 Å². The highest BCUT2D eigenvalue weighted by molar-refractivity contribution is 6.08. The molecule has 1 aliphatic rings. The zero-order chi connectivity index (χ0) is 18.0. The van der Waals surface area contributed by atoms with E-state index in [1.54, 1.807) is 31.4 Å². The number of aryl methyl sites for hydroxylation is 2. The number of hydrogen-bond donors (Lipinski definition) is 0. The highest BCUT2D eigenvalue weighted by Gasteiger charge is 2.28. The smallest absolute Gasteiger partial charge is 0.387 e. The first kappa shape index (κ1) is 17.2. The minimum atomic E-state index is -2.94. The van der Waals surface area contributed by atoms with Gasteiger partial charge in [0, 0.05) is 12.1 Å². The Hall–Kier alpha value is -2.63. The van der Waals surface area contributed by atoms with Crippen LogP contribution in [0, 0.1) is 6.92 Å². The molecule has 1 aliphatic heterocycles. The topological polar surface area (TPSA) is 38.8 Å². The number of anilines is 1. The van der Waals surface area contributed by atoms with Crippen LogP contribution < -0.4 is 14.4 Å². The molecule has 6 heteroatoms. The summed E-state index contributed by atoms with van der Waals surface area (Å²) in [6.45, 7) is -0.603. The average Bonchev–Trinajstić information content (AvgIpc) is 2.61. The molecule has 0 saturated carbocycles. The number of carbonyl (C=O) groups is 1. The van der Waals surface area contributed by atoms with Gasteiger partial charge in [0.2, 0.25) is 0 Å². The lowest BCUT2D eigenvalue weighted by Crippen LogP contribution is -2.36. The average molecular weight is 347 g/mol. The van der Waals surface area contributed by atoms with Crippen LogP contribution in [0.4, 0.5) is 14.5 Å². The maximum absolute atomic E-state index is 13.0. The van der Waals surface area contributed by atoms with Crippen LogP contribution in [0.2, 0.25) is 0 Å². The molecule has 2 aromatic carbocycles. The van der Waals surface area contributed by atoms with Gasteiger partial charge in [-0.25, -0.2) is 0 Å². The van der Waals surface area contributed by atoms with Gasteiger partial charge in [0.15, 0.2) is 0 Å². The summed E-state index contributed by atoms with van der Waals surface area (Å²) in [7, 11) is 1.54. The Balaban J connectivity index is 2.01. The molecule has 0 spiro atoms. The third-order valence-corrected chi connectivity index (χ3v) is 4.30. The number of nitrogens with zero attached hydrogens (tertiary/aromatic N) is 1. The minimum Gasteiger partial charge on any atom is -0.496 e. The lowest BCUT2D eigenvalue weighted by molar-refractivity contribution is -0.0495. The van der Waals surface area contributed by atoms with Crippen molar-refractivity contribution in [1.29, 1.82) is 0 Å². The second kappa shape index (κ2) is 7.09. The van der Waals surface area contributed by atoms with E-state index >= 15 is 0 Å². The number of carbonyl (C=O) groups excluding carboxylic acids is 1. The minimum absolute atomic E-state index is 0.0274. The van der Waals surface area contributed by atoms with Crippen molar-refractivity contribution >= 4 is 11.6 Å². The van der Waals surface area contributed by atoms with Crippen LogP contribution in [0.15, 0.2) is 36.4 Å². The Bertz CT molecular complexity index is 792. The van der Waals surface area contributed by atoms with Gasteiger partial charge in [-0.2, -0.15) is 8.78 Å². The van der Waals surface area contributed by atoms with E-state index in [1.807, 2.05) is 13.0 Å². The summed E-state index contributed by atoms with van der Waals surface area (Å²) in [6, 6.07) is 10.2. The normalized spacial score (nSPS) is 13.6. The molecule has 4 nitrogen and oxygen atoms in total. The van der Waals surface area contributed by atoms with Crippen molar-refractivity contribution in [2.75, 3.05) is 18.6 Å². The zero-order valence-electron chi connectivity index (χ0n) is 14.1. The van der Waals surface area contributed by atoms with Crippen LogP contribution in [-0.2, 0) is 6.42 Å². The molecule has 3 rings (SSSR count). The van der Waals surface area contributed by atoms with Crippen molar-refractivity contribution in [2.24, 2.45) is 0 Å². The standard InChI is InChI=1S/C19H19F2NO3/c1-12-8-9-14(11-16(12)24-2)18(23)22-10-4-6-13-5-3-7-15(17(13)22)25-19(20)21/h3,5,7-9,11,19H,4,6,10H2,1-2H3. The molecule has 0 atom stereocenters. The van der Waals surface area contributed by atoms with Gasteiger partial charge in [0.05, 0.1) is 12.8 Å². The lowest BCUT2D eigenvalue weighted by Gasteiger charge is -2.31. The van der Waals surface area contributed by atoms with E-state index in [0.717, 1.165) is 24.0 Å². The molecule has 0 aliphatic carbocycles. The van der Waals surface area contributed by atoms with Crippen molar-refractivity contribution in [3.8, 4) is 11.5 Å². The van der Waals surface area contributed by atoms with E-state index in [2.05, 4.69) is 4.74 Å². The first-order chi connectivity index (χ1) is 12.0. The van der Waals surface area contributed by atoms with Gasteiger partial charge in [-0.1, -0.05) is 18.2 Å². The molecule has 1 amide bonds. The van der Waals surface area contributed by atoms with Crippen molar-refractivity contribution in [3.05, 3.63) is 53.1 Å². The lowest BCUT2D eigenvalue weighted by atomic mass is 9.99. The van der Waals surface area contributed by atoms with Crippen molar-refractivity contribution in [3.63, 3.8) is 0 Å². The van der Waals surface area contributed by atoms with Crippen molar-refractivity contribution in [1.82, 2.24) is 0 Å². The van der Waals surface area contributed by atoms with E-state index in [-0.39, 0.29) is 11.7 Å². The molecular formula is C19H19F2NO3. The summed E-state index contributed by atoms with van der Waals surface area (Å²) >= 11 is 0. The number of alkyl halides is 2. The summed E-state index contributed by atoms with van der Waals surface area (Å²) < 4.78 is 35.4. The fourth-order valence-corrected chi connectivity index (χ4v) is 3.12. The fraction of sp³-hybridized carbons (Fsp3) is 0.316. The Labute approximate surface area is 145 Å². The summed E-state index contributed by atoms with van der Waals surface area (Å²) in [5, 5.41) is 0. The number of hydrogen-bond acceptors (Lipinski definition) is 3. The second-order valence-electron chi connectivity index (χ2n) is 5.89. The number of halogens is 2. The first-order valence-electron chi connectivity index (χ1n) is 8.04. The van der Waals surface area contributed by atoms with Crippen LogP contribution in [0.25, 0.3) is 0 Å². The number of rotatable bonds is 4. The second-order valence-corrected chi connectivity index (χ2v) is 5.89. The van der Waals surface area contributed by atoms with E-state index in [4.69, 9.17) is 4.74 Å². The molecule has 25 heavy (non-hydrogen) atoms. The highest BCUT2D eigenvalue weighted by Crippen LogP contribution is 2.38.